The minimum atomic E-state index is 0.230. The lowest BCUT2D eigenvalue weighted by Crippen LogP contribution is -2.04. The van der Waals surface area contributed by atoms with Crippen molar-refractivity contribution in [2.24, 2.45) is 0 Å². The van der Waals surface area contributed by atoms with Gasteiger partial charge in [-0.1, -0.05) is 0 Å². The molecule has 0 amide bonds. The van der Waals surface area contributed by atoms with Crippen LogP contribution in [0.15, 0.2) is 10.5 Å². The molecular weight excluding hydrogens is 244 g/mol. The zero-order valence-electron chi connectivity index (χ0n) is 8.14. The Labute approximate surface area is 92.0 Å². The van der Waals surface area contributed by atoms with Crippen LogP contribution in [-0.4, -0.2) is 12.2 Å². The predicted molar refractivity (Wildman–Crippen MR) is 59.0 cm³/mol. The topological polar surface area (TPSA) is 29.5 Å². The number of phenols is 1. The standard InChI is InChI=1S/C11H13BrO2/c1-14-9-6-7-4-2-3-5-8(7)10(12)11(9)13/h6,13H,2-5H2,1H3. The fourth-order valence-electron chi connectivity index (χ4n) is 1.97. The Morgan fingerprint density at radius 3 is 2.79 bits per heavy atom. The van der Waals surface area contributed by atoms with E-state index in [2.05, 4.69) is 15.9 Å². The van der Waals surface area contributed by atoms with E-state index >= 15 is 0 Å². The number of fused-ring (bicyclic) bond motifs is 1. The number of aryl methyl sites for hydroxylation is 1. The largest absolute Gasteiger partial charge is 0.503 e. The summed E-state index contributed by atoms with van der Waals surface area (Å²) in [7, 11) is 1.58. The molecule has 0 saturated heterocycles. The molecule has 2 nitrogen and oxygen atoms in total. The number of methoxy groups -OCH3 is 1. The molecule has 14 heavy (non-hydrogen) atoms. The Bertz CT molecular complexity index is 361. The molecule has 1 aliphatic carbocycles. The fraction of sp³-hybridized carbons (Fsp3) is 0.455. The van der Waals surface area contributed by atoms with Crippen molar-refractivity contribution >= 4 is 15.9 Å². The average Bonchev–Trinajstić information content (AvgIpc) is 2.23. The summed E-state index contributed by atoms with van der Waals surface area (Å²) in [5.74, 6) is 0.797. The molecule has 0 fully saturated rings. The lowest BCUT2D eigenvalue weighted by Gasteiger charge is -2.19. The molecule has 3 heteroatoms. The molecule has 0 radical (unpaired) electrons. The zero-order chi connectivity index (χ0) is 10.1. The summed E-state index contributed by atoms with van der Waals surface area (Å²) in [6.07, 6.45) is 4.57. The zero-order valence-corrected chi connectivity index (χ0v) is 9.73. The first kappa shape index (κ1) is 9.84. The molecule has 1 aliphatic rings. The van der Waals surface area contributed by atoms with Crippen molar-refractivity contribution in [3.8, 4) is 11.5 Å². The first-order valence-corrected chi connectivity index (χ1v) is 5.60. The van der Waals surface area contributed by atoms with Crippen molar-refractivity contribution in [1.29, 1.82) is 0 Å². The minimum absolute atomic E-state index is 0.230. The number of rotatable bonds is 1. The van der Waals surface area contributed by atoms with Crippen LogP contribution in [0.1, 0.15) is 24.0 Å². The molecule has 0 bridgehead atoms. The lowest BCUT2D eigenvalue weighted by molar-refractivity contribution is 0.370. The molecular formula is C11H13BrO2. The van der Waals surface area contributed by atoms with Crippen molar-refractivity contribution in [1.82, 2.24) is 0 Å². The van der Waals surface area contributed by atoms with Gasteiger partial charge in [0.1, 0.15) is 0 Å². The third-order valence-electron chi connectivity index (χ3n) is 2.74. The lowest BCUT2D eigenvalue weighted by atomic mass is 9.91. The van der Waals surface area contributed by atoms with E-state index < -0.39 is 0 Å². The molecule has 0 spiro atoms. The number of aromatic hydroxyl groups is 1. The summed E-state index contributed by atoms with van der Waals surface area (Å²) in [6, 6.07) is 1.95. The van der Waals surface area contributed by atoms with Gasteiger partial charge in [-0.2, -0.15) is 0 Å². The molecule has 1 N–H and O–H groups in total. The van der Waals surface area contributed by atoms with Crippen LogP contribution in [0, 0.1) is 0 Å². The maximum Gasteiger partial charge on any atom is 0.172 e. The van der Waals surface area contributed by atoms with Gasteiger partial charge in [0.25, 0.3) is 0 Å². The molecule has 2 rings (SSSR count). The van der Waals surface area contributed by atoms with Gasteiger partial charge in [0.2, 0.25) is 0 Å². The van der Waals surface area contributed by atoms with Gasteiger partial charge in [-0.3, -0.25) is 0 Å². The van der Waals surface area contributed by atoms with Gasteiger partial charge < -0.3 is 9.84 Å². The van der Waals surface area contributed by atoms with E-state index in [1.54, 1.807) is 7.11 Å². The molecule has 1 aromatic rings. The van der Waals surface area contributed by atoms with E-state index in [0.717, 1.165) is 17.3 Å². The number of phenolic OH excluding ortho intramolecular Hbond substituents is 1. The molecule has 0 saturated carbocycles. The molecule has 0 aromatic heterocycles. The highest BCUT2D eigenvalue weighted by atomic mass is 79.9. The first-order chi connectivity index (χ1) is 6.74. The van der Waals surface area contributed by atoms with E-state index in [1.165, 1.54) is 24.0 Å². The number of hydrogen-bond acceptors (Lipinski definition) is 2. The summed E-state index contributed by atoms with van der Waals surface area (Å²) in [4.78, 5) is 0. The van der Waals surface area contributed by atoms with Gasteiger partial charge in [0.15, 0.2) is 11.5 Å². The maximum atomic E-state index is 9.78. The second-order valence-electron chi connectivity index (χ2n) is 3.59. The minimum Gasteiger partial charge on any atom is -0.503 e. The van der Waals surface area contributed by atoms with Gasteiger partial charge in [0.05, 0.1) is 11.6 Å². The van der Waals surface area contributed by atoms with Crippen LogP contribution in [0.5, 0.6) is 11.5 Å². The average molecular weight is 257 g/mol. The van der Waals surface area contributed by atoms with Gasteiger partial charge in [0, 0.05) is 0 Å². The van der Waals surface area contributed by atoms with E-state index in [1.807, 2.05) is 6.07 Å². The van der Waals surface area contributed by atoms with Gasteiger partial charge >= 0.3 is 0 Å². The first-order valence-electron chi connectivity index (χ1n) is 4.81. The van der Waals surface area contributed by atoms with Crippen molar-refractivity contribution in [2.45, 2.75) is 25.7 Å². The summed E-state index contributed by atoms with van der Waals surface area (Å²) in [5.41, 5.74) is 2.55. The van der Waals surface area contributed by atoms with Crippen molar-refractivity contribution in [3.05, 3.63) is 21.7 Å². The van der Waals surface area contributed by atoms with Crippen LogP contribution in [0.4, 0.5) is 0 Å². The summed E-state index contributed by atoms with van der Waals surface area (Å²) < 4.78 is 5.92. The van der Waals surface area contributed by atoms with Gasteiger partial charge in [-0.05, 0) is 58.8 Å². The summed E-state index contributed by atoms with van der Waals surface area (Å²) in [6.45, 7) is 0. The predicted octanol–water partition coefficient (Wildman–Crippen LogP) is 3.04. The van der Waals surface area contributed by atoms with E-state index in [0.29, 0.717) is 5.75 Å². The van der Waals surface area contributed by atoms with Crippen molar-refractivity contribution < 1.29 is 9.84 Å². The molecule has 76 valence electrons. The number of ether oxygens (including phenoxy) is 1. The number of halogens is 1. The smallest absolute Gasteiger partial charge is 0.172 e. The Morgan fingerprint density at radius 2 is 2.07 bits per heavy atom. The van der Waals surface area contributed by atoms with E-state index in [9.17, 15) is 5.11 Å². The second kappa shape index (κ2) is 3.81. The normalized spacial score (nSPS) is 15.0. The summed E-state index contributed by atoms with van der Waals surface area (Å²) >= 11 is 3.43. The Kier molecular flexibility index (Phi) is 2.68. The Morgan fingerprint density at radius 1 is 1.36 bits per heavy atom. The SMILES string of the molecule is COc1cc2c(c(Br)c1O)CCCC2. The van der Waals surface area contributed by atoms with Crippen LogP contribution in [0.2, 0.25) is 0 Å². The van der Waals surface area contributed by atoms with Crippen LogP contribution in [0.3, 0.4) is 0 Å². The summed E-state index contributed by atoms with van der Waals surface area (Å²) in [5, 5.41) is 9.78. The van der Waals surface area contributed by atoms with Crippen LogP contribution in [-0.2, 0) is 12.8 Å². The highest BCUT2D eigenvalue weighted by Crippen LogP contribution is 2.41. The monoisotopic (exact) mass is 256 g/mol. The fourth-order valence-corrected chi connectivity index (χ4v) is 2.62. The van der Waals surface area contributed by atoms with Gasteiger partial charge in [-0.25, -0.2) is 0 Å². The third kappa shape index (κ3) is 1.50. The Hall–Kier alpha value is -0.700. The van der Waals surface area contributed by atoms with E-state index in [-0.39, 0.29) is 5.75 Å². The molecule has 0 aliphatic heterocycles. The quantitative estimate of drug-likeness (QED) is 0.837. The molecule has 0 atom stereocenters. The van der Waals surface area contributed by atoms with Crippen molar-refractivity contribution in [3.63, 3.8) is 0 Å². The second-order valence-corrected chi connectivity index (χ2v) is 4.38. The van der Waals surface area contributed by atoms with Crippen molar-refractivity contribution in [2.75, 3.05) is 7.11 Å². The number of hydrogen-bond donors (Lipinski definition) is 1. The van der Waals surface area contributed by atoms with Crippen LogP contribution in [0.25, 0.3) is 0 Å². The third-order valence-corrected chi connectivity index (χ3v) is 3.60. The van der Waals surface area contributed by atoms with Crippen LogP contribution >= 0.6 is 15.9 Å². The Balaban J connectivity index is 2.57. The molecule has 1 aromatic carbocycles. The van der Waals surface area contributed by atoms with Gasteiger partial charge in [-0.15, -0.1) is 0 Å². The highest BCUT2D eigenvalue weighted by molar-refractivity contribution is 9.10. The van der Waals surface area contributed by atoms with Crippen LogP contribution < -0.4 is 4.74 Å². The maximum absolute atomic E-state index is 9.78. The molecule has 0 heterocycles. The molecule has 0 unspecified atom stereocenters. The van der Waals surface area contributed by atoms with E-state index in [4.69, 9.17) is 4.74 Å². The highest BCUT2D eigenvalue weighted by Gasteiger charge is 2.18. The number of benzene rings is 1.